The number of imidazole rings is 1. The van der Waals surface area contributed by atoms with E-state index in [1.54, 1.807) is 19.3 Å². The first kappa shape index (κ1) is 23.1. The Morgan fingerprint density at radius 1 is 1.09 bits per heavy atom. The summed E-state index contributed by atoms with van der Waals surface area (Å²) in [6.07, 6.45) is 1.80. The average molecular weight is 658 g/mol. The molecule has 0 spiro atoms. The van der Waals surface area contributed by atoms with Gasteiger partial charge in [0.2, 0.25) is 0 Å². The molecule has 162 valence electrons. The van der Waals surface area contributed by atoms with Gasteiger partial charge in [-0.2, -0.15) is 10.5 Å². The van der Waals surface area contributed by atoms with Crippen LogP contribution in [0.4, 0.5) is 0 Å². The van der Waals surface area contributed by atoms with Crippen LogP contribution >= 0.6 is 45.2 Å². The third-order valence-electron chi connectivity index (χ3n) is 4.91. The Bertz CT molecular complexity index is 1440. The summed E-state index contributed by atoms with van der Waals surface area (Å²) in [4.78, 5) is 7.74. The minimum Gasteiger partial charge on any atom is -0.497 e. The predicted molar refractivity (Wildman–Crippen MR) is 143 cm³/mol. The van der Waals surface area contributed by atoms with Gasteiger partial charge in [-0.3, -0.25) is 0 Å². The number of halogens is 2. The molecule has 0 amide bonds. The van der Waals surface area contributed by atoms with Crippen LogP contribution in [0.3, 0.4) is 0 Å². The molecule has 3 aromatic carbocycles. The molecule has 33 heavy (non-hydrogen) atoms. The molecule has 0 fully saturated rings. The van der Waals surface area contributed by atoms with Gasteiger partial charge in [-0.05, 0) is 87.2 Å². The average Bonchev–Trinajstić information content (AvgIpc) is 3.25. The predicted octanol–water partition coefficient (Wildman–Crippen LogP) is 6.30. The second kappa shape index (κ2) is 10.2. The van der Waals surface area contributed by atoms with Crippen LogP contribution in [-0.2, 0) is 6.61 Å². The van der Waals surface area contributed by atoms with Crippen molar-refractivity contribution in [3.63, 3.8) is 0 Å². The van der Waals surface area contributed by atoms with E-state index in [-0.39, 0.29) is 0 Å². The highest BCUT2D eigenvalue weighted by atomic mass is 127. The van der Waals surface area contributed by atoms with Crippen LogP contribution in [0.25, 0.3) is 22.7 Å². The number of fused-ring (bicyclic) bond motifs is 1. The van der Waals surface area contributed by atoms with Crippen LogP contribution in [-0.4, -0.2) is 17.1 Å². The fourth-order valence-corrected chi connectivity index (χ4v) is 5.40. The van der Waals surface area contributed by atoms with E-state index in [1.807, 2.05) is 48.5 Å². The molecule has 0 aliphatic carbocycles. The first-order valence-corrected chi connectivity index (χ1v) is 11.9. The maximum Gasteiger partial charge on any atom is 0.149 e. The van der Waals surface area contributed by atoms with E-state index in [9.17, 15) is 10.5 Å². The first-order valence-electron chi connectivity index (χ1n) is 9.78. The number of nitriles is 2. The summed E-state index contributed by atoms with van der Waals surface area (Å²) in [5, 5.41) is 19.0. The number of nitrogens with zero attached hydrogens (tertiary/aromatic N) is 3. The number of benzene rings is 3. The molecule has 0 unspecified atom stereocenters. The minimum atomic E-state index is 0.302. The van der Waals surface area contributed by atoms with Gasteiger partial charge in [0.1, 0.15) is 30.0 Å². The Hall–Kier alpha value is -3.09. The molecule has 1 heterocycles. The molecule has 0 radical (unpaired) electrons. The SMILES string of the molecule is COc1ccc2nc(/C(C#N)=C\c3cc(I)c(OCc4ccccc4C#N)c(I)c3)[nH]c2c1. The number of methoxy groups -OCH3 is 1. The zero-order valence-electron chi connectivity index (χ0n) is 17.4. The first-order chi connectivity index (χ1) is 16.0. The van der Waals surface area contributed by atoms with Crippen molar-refractivity contribution in [3.8, 4) is 23.6 Å². The van der Waals surface area contributed by atoms with Gasteiger partial charge in [-0.15, -0.1) is 0 Å². The lowest BCUT2D eigenvalue weighted by molar-refractivity contribution is 0.301. The number of H-pyrrole nitrogens is 1. The van der Waals surface area contributed by atoms with Crippen molar-refractivity contribution in [1.82, 2.24) is 9.97 Å². The van der Waals surface area contributed by atoms with Gasteiger partial charge in [0, 0.05) is 11.6 Å². The van der Waals surface area contributed by atoms with Crippen molar-refractivity contribution < 1.29 is 9.47 Å². The highest BCUT2D eigenvalue weighted by Crippen LogP contribution is 2.31. The van der Waals surface area contributed by atoms with E-state index in [0.717, 1.165) is 40.8 Å². The highest BCUT2D eigenvalue weighted by molar-refractivity contribution is 14.1. The molecule has 1 N–H and O–H groups in total. The van der Waals surface area contributed by atoms with Gasteiger partial charge < -0.3 is 14.5 Å². The van der Waals surface area contributed by atoms with Crippen molar-refractivity contribution >= 4 is 67.9 Å². The van der Waals surface area contributed by atoms with Gasteiger partial charge in [-0.25, -0.2) is 4.98 Å². The van der Waals surface area contributed by atoms with E-state index in [0.29, 0.717) is 23.6 Å². The largest absolute Gasteiger partial charge is 0.497 e. The molecule has 4 aromatic rings. The Morgan fingerprint density at radius 2 is 1.85 bits per heavy atom. The van der Waals surface area contributed by atoms with Crippen LogP contribution in [0.5, 0.6) is 11.5 Å². The third kappa shape index (κ3) is 5.13. The number of aromatic nitrogens is 2. The van der Waals surface area contributed by atoms with Crippen LogP contribution in [0.2, 0.25) is 0 Å². The zero-order chi connectivity index (χ0) is 23.4. The summed E-state index contributed by atoms with van der Waals surface area (Å²) in [6, 6.07) is 21.3. The smallest absolute Gasteiger partial charge is 0.149 e. The normalized spacial score (nSPS) is 11.1. The molecule has 0 atom stereocenters. The molecular weight excluding hydrogens is 642 g/mol. The minimum absolute atomic E-state index is 0.302. The van der Waals surface area contributed by atoms with Gasteiger partial charge in [0.25, 0.3) is 0 Å². The number of rotatable bonds is 6. The molecular formula is C25H16I2N4O2. The summed E-state index contributed by atoms with van der Waals surface area (Å²) in [6.45, 7) is 0.302. The van der Waals surface area contributed by atoms with Gasteiger partial charge >= 0.3 is 0 Å². The second-order valence-corrected chi connectivity index (χ2v) is 9.33. The monoisotopic (exact) mass is 658 g/mol. The van der Waals surface area contributed by atoms with Crippen molar-refractivity contribution in [2.75, 3.05) is 7.11 Å². The summed E-state index contributed by atoms with van der Waals surface area (Å²) in [7, 11) is 1.61. The molecule has 0 bridgehead atoms. The molecule has 0 aliphatic rings. The lowest BCUT2D eigenvalue weighted by Crippen LogP contribution is -2.01. The maximum absolute atomic E-state index is 9.76. The van der Waals surface area contributed by atoms with Gasteiger partial charge in [0.15, 0.2) is 0 Å². The fraction of sp³-hybridized carbons (Fsp3) is 0.0800. The summed E-state index contributed by atoms with van der Waals surface area (Å²) in [5.74, 6) is 1.96. The Balaban J connectivity index is 1.61. The van der Waals surface area contributed by atoms with E-state index >= 15 is 0 Å². The molecule has 0 saturated carbocycles. The summed E-state index contributed by atoms with van der Waals surface area (Å²) < 4.78 is 13.1. The zero-order valence-corrected chi connectivity index (χ0v) is 21.7. The number of allylic oxidation sites excluding steroid dienone is 1. The Morgan fingerprint density at radius 3 is 2.55 bits per heavy atom. The summed E-state index contributed by atoms with van der Waals surface area (Å²) in [5.41, 5.74) is 4.29. The number of hydrogen-bond donors (Lipinski definition) is 1. The van der Waals surface area contributed by atoms with Crippen molar-refractivity contribution in [2.24, 2.45) is 0 Å². The van der Waals surface area contributed by atoms with E-state index in [4.69, 9.17) is 9.47 Å². The van der Waals surface area contributed by atoms with Crippen molar-refractivity contribution in [2.45, 2.75) is 6.61 Å². The standard InChI is InChI=1S/C25H16I2N4O2/c1-32-19-6-7-22-23(11-19)31-25(30-22)18(13-29)8-15-9-20(26)24(21(27)10-15)33-14-17-5-3-2-4-16(17)12-28/h2-11H,14H2,1H3,(H,30,31)/b18-8-. The molecule has 4 rings (SSSR count). The van der Waals surface area contributed by atoms with Crippen LogP contribution in [0, 0.1) is 29.8 Å². The highest BCUT2D eigenvalue weighted by Gasteiger charge is 2.13. The van der Waals surface area contributed by atoms with E-state index < -0.39 is 0 Å². The van der Waals surface area contributed by atoms with Crippen LogP contribution in [0.15, 0.2) is 54.6 Å². The van der Waals surface area contributed by atoms with E-state index in [1.165, 1.54) is 0 Å². The molecule has 0 aliphatic heterocycles. The molecule has 0 saturated heterocycles. The lowest BCUT2D eigenvalue weighted by Gasteiger charge is -2.12. The van der Waals surface area contributed by atoms with Crippen molar-refractivity contribution in [3.05, 3.63) is 84.3 Å². The third-order valence-corrected chi connectivity index (χ3v) is 6.51. The maximum atomic E-state index is 9.76. The van der Waals surface area contributed by atoms with Gasteiger partial charge in [0.05, 0.1) is 42.5 Å². The van der Waals surface area contributed by atoms with Crippen LogP contribution < -0.4 is 9.47 Å². The number of hydrogen-bond acceptors (Lipinski definition) is 5. The van der Waals surface area contributed by atoms with Crippen molar-refractivity contribution in [1.29, 1.82) is 10.5 Å². The summed E-state index contributed by atoms with van der Waals surface area (Å²) >= 11 is 4.44. The number of aromatic amines is 1. The topological polar surface area (TPSA) is 94.7 Å². The quantitative estimate of drug-likeness (QED) is 0.194. The second-order valence-electron chi connectivity index (χ2n) is 7.01. The molecule has 6 nitrogen and oxygen atoms in total. The van der Waals surface area contributed by atoms with Gasteiger partial charge in [-0.1, -0.05) is 18.2 Å². The number of ether oxygens (including phenoxy) is 2. The van der Waals surface area contributed by atoms with Crippen LogP contribution in [0.1, 0.15) is 22.5 Å². The molecule has 1 aromatic heterocycles. The fourth-order valence-electron chi connectivity index (χ4n) is 3.27. The lowest BCUT2D eigenvalue weighted by atomic mass is 10.1. The number of nitrogens with one attached hydrogen (secondary N) is 1. The van der Waals surface area contributed by atoms with E-state index in [2.05, 4.69) is 67.3 Å². The molecule has 8 heteroatoms. The Labute approximate surface area is 218 Å². The Kier molecular flexibility index (Phi) is 7.16.